The molecule has 0 bridgehead atoms. The van der Waals surface area contributed by atoms with E-state index >= 15 is 0 Å². The second-order valence-electron chi connectivity index (χ2n) is 4.16. The van der Waals surface area contributed by atoms with Crippen molar-refractivity contribution in [3.63, 3.8) is 0 Å². The van der Waals surface area contributed by atoms with Gasteiger partial charge in [-0.2, -0.15) is 11.8 Å². The molecule has 0 aliphatic carbocycles. The van der Waals surface area contributed by atoms with Crippen molar-refractivity contribution in [2.24, 2.45) is 5.73 Å². The van der Waals surface area contributed by atoms with Crippen molar-refractivity contribution < 1.29 is 4.79 Å². The molecule has 1 rings (SSSR count). The number of halogens is 1. The monoisotopic (exact) mass is 288 g/mol. The highest BCUT2D eigenvalue weighted by atomic mass is 35.5. The molecule has 3 N–H and O–H groups in total. The van der Waals surface area contributed by atoms with Crippen LogP contribution in [0.5, 0.6) is 0 Å². The number of carbonyl (C=O) groups excluding carboxylic acids is 1. The third-order valence-electron chi connectivity index (χ3n) is 2.44. The highest BCUT2D eigenvalue weighted by Gasteiger charge is 2.15. The second-order valence-corrected chi connectivity index (χ2v) is 5.07. The van der Waals surface area contributed by atoms with Crippen LogP contribution in [-0.2, 0) is 11.2 Å². The predicted octanol–water partition coefficient (Wildman–Crippen LogP) is 1.85. The number of hydrogen-bond donors (Lipinski definition) is 2. The molecule has 102 valence electrons. The van der Waals surface area contributed by atoms with Gasteiger partial charge in [-0.15, -0.1) is 12.4 Å². The molecule has 0 aliphatic heterocycles. The highest BCUT2D eigenvalue weighted by Crippen LogP contribution is 2.03. The fraction of sp³-hybridized carbons (Fsp3) is 0.462. The molecule has 1 amide bonds. The van der Waals surface area contributed by atoms with Crippen molar-refractivity contribution in [1.29, 1.82) is 0 Å². The van der Waals surface area contributed by atoms with E-state index in [0.717, 1.165) is 11.3 Å². The summed E-state index contributed by atoms with van der Waals surface area (Å²) in [5, 5.41) is 2.92. The van der Waals surface area contributed by atoms with E-state index in [4.69, 9.17) is 5.73 Å². The molecule has 0 heterocycles. The third kappa shape index (κ3) is 6.28. The second kappa shape index (κ2) is 9.25. The number of carbonyl (C=O) groups is 1. The molecule has 5 heteroatoms. The van der Waals surface area contributed by atoms with Gasteiger partial charge < -0.3 is 11.1 Å². The first-order chi connectivity index (χ1) is 8.13. The Bertz CT molecular complexity index is 348. The number of nitrogens with one attached hydrogen (secondary N) is 1. The van der Waals surface area contributed by atoms with Gasteiger partial charge in [0.15, 0.2) is 0 Å². The Balaban J connectivity index is 0.00000289. The summed E-state index contributed by atoms with van der Waals surface area (Å²) >= 11 is 1.71. The summed E-state index contributed by atoms with van der Waals surface area (Å²) in [5.74, 6) is 0.833. The summed E-state index contributed by atoms with van der Waals surface area (Å²) in [6.07, 6.45) is 2.60. The molecule has 2 unspecified atom stereocenters. The molecule has 18 heavy (non-hydrogen) atoms. The lowest BCUT2D eigenvalue weighted by molar-refractivity contribution is -0.122. The molecule has 0 saturated carbocycles. The largest absolute Gasteiger partial charge is 0.351 e. The molecular weight excluding hydrogens is 268 g/mol. The molecule has 0 spiro atoms. The van der Waals surface area contributed by atoms with Crippen LogP contribution in [0.3, 0.4) is 0 Å². The van der Waals surface area contributed by atoms with Crippen LogP contribution in [0.4, 0.5) is 0 Å². The van der Waals surface area contributed by atoms with Crippen LogP contribution >= 0.6 is 24.2 Å². The summed E-state index contributed by atoms with van der Waals surface area (Å²) in [4.78, 5) is 11.8. The zero-order valence-electron chi connectivity index (χ0n) is 10.8. The van der Waals surface area contributed by atoms with Crippen molar-refractivity contribution in [3.8, 4) is 0 Å². The van der Waals surface area contributed by atoms with Gasteiger partial charge in [-0.25, -0.2) is 0 Å². The number of amides is 1. The van der Waals surface area contributed by atoms with E-state index in [1.165, 1.54) is 0 Å². The first kappa shape index (κ1) is 17.3. The van der Waals surface area contributed by atoms with Gasteiger partial charge in [0, 0.05) is 11.8 Å². The quantitative estimate of drug-likeness (QED) is 0.840. The molecule has 0 aliphatic rings. The van der Waals surface area contributed by atoms with E-state index in [1.54, 1.807) is 11.8 Å². The Morgan fingerprint density at radius 1 is 1.39 bits per heavy atom. The van der Waals surface area contributed by atoms with Crippen LogP contribution in [0.25, 0.3) is 0 Å². The lowest BCUT2D eigenvalue weighted by Crippen LogP contribution is -2.46. The van der Waals surface area contributed by atoms with Crippen LogP contribution < -0.4 is 11.1 Å². The fourth-order valence-corrected chi connectivity index (χ4v) is 2.19. The zero-order valence-corrected chi connectivity index (χ0v) is 12.4. The number of nitrogens with two attached hydrogens (primary N) is 1. The molecule has 1 aromatic rings. The lowest BCUT2D eigenvalue weighted by atomic mass is 10.1. The summed E-state index contributed by atoms with van der Waals surface area (Å²) in [6, 6.07) is 9.53. The van der Waals surface area contributed by atoms with E-state index in [0.29, 0.717) is 6.42 Å². The Morgan fingerprint density at radius 3 is 2.56 bits per heavy atom. The molecule has 0 aromatic heterocycles. The van der Waals surface area contributed by atoms with Crippen LogP contribution in [-0.4, -0.2) is 30.0 Å². The minimum Gasteiger partial charge on any atom is -0.351 e. The predicted molar refractivity (Wildman–Crippen MR) is 81.4 cm³/mol. The fourth-order valence-electron chi connectivity index (χ4n) is 1.60. The molecular formula is C13H21ClN2OS. The van der Waals surface area contributed by atoms with Crippen LogP contribution in [0.15, 0.2) is 30.3 Å². The standard InChI is InChI=1S/C13H20N2OS.ClH/c1-10(9-17-2)15-13(16)12(14)8-11-6-4-3-5-7-11;/h3-7,10,12H,8-9,14H2,1-2H3,(H,15,16);1H. The molecule has 0 saturated heterocycles. The van der Waals surface area contributed by atoms with Gasteiger partial charge in [-0.05, 0) is 25.2 Å². The maximum absolute atomic E-state index is 11.8. The Kier molecular flexibility index (Phi) is 8.89. The number of hydrogen-bond acceptors (Lipinski definition) is 3. The van der Waals surface area contributed by atoms with Crippen LogP contribution in [0.2, 0.25) is 0 Å². The highest BCUT2D eigenvalue weighted by molar-refractivity contribution is 7.98. The van der Waals surface area contributed by atoms with Crippen LogP contribution in [0, 0.1) is 0 Å². The normalized spacial score (nSPS) is 13.3. The summed E-state index contributed by atoms with van der Waals surface area (Å²) in [6.45, 7) is 1.99. The SMILES string of the molecule is CSCC(C)NC(=O)C(N)Cc1ccccc1.Cl. The van der Waals surface area contributed by atoms with Crippen molar-refractivity contribution in [2.75, 3.05) is 12.0 Å². The first-order valence-electron chi connectivity index (χ1n) is 5.72. The third-order valence-corrected chi connectivity index (χ3v) is 3.27. The van der Waals surface area contributed by atoms with Crippen molar-refractivity contribution >= 4 is 30.1 Å². The summed E-state index contributed by atoms with van der Waals surface area (Å²) in [7, 11) is 0. The molecule has 0 radical (unpaired) electrons. The van der Waals surface area contributed by atoms with E-state index in [2.05, 4.69) is 5.32 Å². The number of rotatable bonds is 6. The average molecular weight is 289 g/mol. The van der Waals surface area contributed by atoms with Gasteiger partial charge >= 0.3 is 0 Å². The van der Waals surface area contributed by atoms with Crippen LogP contribution in [0.1, 0.15) is 12.5 Å². The van der Waals surface area contributed by atoms with Gasteiger partial charge in [-0.3, -0.25) is 4.79 Å². The topological polar surface area (TPSA) is 55.1 Å². The lowest BCUT2D eigenvalue weighted by Gasteiger charge is -2.16. The Morgan fingerprint density at radius 2 is 2.00 bits per heavy atom. The van der Waals surface area contributed by atoms with Gasteiger partial charge in [0.25, 0.3) is 0 Å². The minimum absolute atomic E-state index is 0. The molecule has 3 nitrogen and oxygen atoms in total. The van der Waals surface area contributed by atoms with Gasteiger partial charge in [0.2, 0.25) is 5.91 Å². The maximum atomic E-state index is 11.8. The van der Waals surface area contributed by atoms with Crippen molar-refractivity contribution in [3.05, 3.63) is 35.9 Å². The number of benzene rings is 1. The Hall–Kier alpha value is -0.710. The van der Waals surface area contributed by atoms with E-state index < -0.39 is 6.04 Å². The van der Waals surface area contributed by atoms with Crippen molar-refractivity contribution in [2.45, 2.75) is 25.4 Å². The van der Waals surface area contributed by atoms with Crippen molar-refractivity contribution in [1.82, 2.24) is 5.32 Å². The number of thioether (sulfide) groups is 1. The smallest absolute Gasteiger partial charge is 0.237 e. The maximum Gasteiger partial charge on any atom is 0.237 e. The van der Waals surface area contributed by atoms with Gasteiger partial charge in [0.1, 0.15) is 0 Å². The van der Waals surface area contributed by atoms with E-state index in [9.17, 15) is 4.79 Å². The average Bonchev–Trinajstić information content (AvgIpc) is 2.30. The van der Waals surface area contributed by atoms with Gasteiger partial charge in [0.05, 0.1) is 6.04 Å². The molecule has 2 atom stereocenters. The summed E-state index contributed by atoms with van der Waals surface area (Å²) in [5.41, 5.74) is 6.97. The molecule has 0 fully saturated rings. The van der Waals surface area contributed by atoms with E-state index in [-0.39, 0.29) is 24.4 Å². The van der Waals surface area contributed by atoms with Gasteiger partial charge in [-0.1, -0.05) is 30.3 Å². The minimum atomic E-state index is -0.471. The molecule has 1 aromatic carbocycles. The first-order valence-corrected chi connectivity index (χ1v) is 7.11. The zero-order chi connectivity index (χ0) is 12.7. The van der Waals surface area contributed by atoms with E-state index in [1.807, 2.05) is 43.5 Å². The Labute approximate surface area is 119 Å². The summed E-state index contributed by atoms with van der Waals surface area (Å²) < 4.78 is 0.